The van der Waals surface area contributed by atoms with Crippen LogP contribution in [-0.2, 0) is 51.1 Å². The number of aliphatic carboxylic acids is 2. The number of esters is 1. The molecule has 2 aromatic rings. The number of hydrogen-bond acceptors (Lipinski definition) is 20. The lowest BCUT2D eigenvalue weighted by atomic mass is 9.96. The van der Waals surface area contributed by atoms with Gasteiger partial charge in [0.05, 0.1) is 32.4 Å². The van der Waals surface area contributed by atoms with E-state index < -0.39 is 114 Å². The molecule has 11 atom stereocenters. The molecule has 0 saturated carbocycles. The lowest BCUT2D eigenvalue weighted by Crippen LogP contribution is -2.45. The smallest absolute Gasteiger partial charge is 0.481 e. The molecule has 2 saturated heterocycles. The number of carbonyl (C=O) groups excluding carboxylic acids is 1. The maximum Gasteiger partial charge on any atom is 0.481 e. The van der Waals surface area contributed by atoms with Crippen molar-refractivity contribution in [2.45, 2.75) is 67.6 Å². The van der Waals surface area contributed by atoms with Crippen LogP contribution in [0.3, 0.4) is 0 Å². The molecule has 0 aromatic carbocycles. The van der Waals surface area contributed by atoms with E-state index in [-0.39, 0.29) is 17.0 Å². The van der Waals surface area contributed by atoms with Crippen LogP contribution in [0.1, 0.15) is 19.1 Å². The number of carboxylic acid groups (broad SMARTS) is 2. The van der Waals surface area contributed by atoms with Gasteiger partial charge in [0.2, 0.25) is 0 Å². The van der Waals surface area contributed by atoms with E-state index in [1.54, 1.807) is 0 Å². The number of ether oxygens (including phenoxy) is 3. The summed E-state index contributed by atoms with van der Waals surface area (Å²) in [6, 6.07) is 0. The molecule has 2 fully saturated rings. The summed E-state index contributed by atoms with van der Waals surface area (Å²) in [6.07, 6.45) is -14.9. The number of nitrogen functional groups attached to an aromatic ring is 1. The quantitative estimate of drug-likeness (QED) is 0.0615. The van der Waals surface area contributed by atoms with Crippen LogP contribution in [0.15, 0.2) is 12.7 Å². The number of phosphoric ester groups is 2. The van der Waals surface area contributed by atoms with E-state index in [0.717, 1.165) is 6.33 Å². The summed E-state index contributed by atoms with van der Waals surface area (Å²) in [6.45, 7) is -2.21. The number of nitrogens with zero attached hydrogens (tertiary/aromatic N) is 4. The van der Waals surface area contributed by atoms with Crippen molar-refractivity contribution in [3.63, 3.8) is 0 Å². The Bertz CT molecular complexity index is 1630. The number of aliphatic hydroxyl groups excluding tert-OH is 4. The zero-order chi connectivity index (χ0) is 35.8. The number of rotatable bonds is 15. The summed E-state index contributed by atoms with van der Waals surface area (Å²) in [5.41, 5.74) is 2.84. The standard InChI is InChI=1S/C21H29N5O20P2/c22-16-11-17(24-5-23-16)26(6-25-11)18-13(31)12(30)7(43-18)3-41-47(37,38)46-48(39,40)42-4-8-15(14(32)19(33)44-8)45-10(29)2-21(36,20(34)35)1-9(27)28/h5-8,12-15,18-19,30-33,36H,1-4H2,(H,27,28)(H,34,35)(H,37,38)(H,39,40)(H2,22,23,24)/t7-,8+,12-,13-,14+,15+,18-,19?,21?/m1/s1. The van der Waals surface area contributed by atoms with Crippen molar-refractivity contribution in [1.82, 2.24) is 19.5 Å². The van der Waals surface area contributed by atoms with Gasteiger partial charge in [-0.15, -0.1) is 0 Å². The molecule has 0 radical (unpaired) electrons. The molecule has 11 N–H and O–H groups in total. The molecule has 268 valence electrons. The first-order chi connectivity index (χ1) is 22.2. The van der Waals surface area contributed by atoms with Gasteiger partial charge in [0.15, 0.2) is 35.7 Å². The number of anilines is 1. The number of aromatic nitrogens is 4. The predicted molar refractivity (Wildman–Crippen MR) is 145 cm³/mol. The number of carbonyl (C=O) groups is 3. The molecular weight excluding hydrogens is 704 g/mol. The monoisotopic (exact) mass is 733 g/mol. The van der Waals surface area contributed by atoms with Crippen molar-refractivity contribution in [3.8, 4) is 0 Å². The molecule has 0 spiro atoms. The third kappa shape index (κ3) is 8.47. The van der Waals surface area contributed by atoms with Crippen molar-refractivity contribution >= 4 is 50.5 Å². The highest BCUT2D eigenvalue weighted by molar-refractivity contribution is 7.61. The Balaban J connectivity index is 1.33. The molecule has 2 aliphatic rings. The largest absolute Gasteiger partial charge is 0.481 e. The SMILES string of the molecule is Nc1ncnc2c1ncn2[C@@H]1O[C@H](COP(=O)(O)OP(=O)(O)OC[C@@H]2OC(O)[C@@H](O)[C@H]2OC(=O)CC(O)(CC(=O)O)C(=O)O)[C@@H](O)[C@H]1O. The molecule has 25 nitrogen and oxygen atoms in total. The van der Waals surface area contributed by atoms with E-state index in [4.69, 9.17) is 30.2 Å². The highest BCUT2D eigenvalue weighted by atomic mass is 31.3. The van der Waals surface area contributed by atoms with E-state index in [1.807, 2.05) is 0 Å². The van der Waals surface area contributed by atoms with Gasteiger partial charge in [-0.05, 0) is 0 Å². The number of nitrogens with two attached hydrogens (primary N) is 1. The van der Waals surface area contributed by atoms with Gasteiger partial charge in [-0.1, -0.05) is 0 Å². The third-order valence-corrected chi connectivity index (χ3v) is 9.47. The Morgan fingerprint density at radius 1 is 0.917 bits per heavy atom. The van der Waals surface area contributed by atoms with Crippen LogP contribution in [0, 0.1) is 0 Å². The number of fused-ring (bicyclic) bond motifs is 1. The zero-order valence-electron chi connectivity index (χ0n) is 23.9. The molecule has 0 bridgehead atoms. The Hall–Kier alpha value is -3.26. The van der Waals surface area contributed by atoms with Gasteiger partial charge in [-0.25, -0.2) is 28.9 Å². The fraction of sp³-hybridized carbons (Fsp3) is 0.619. The summed E-state index contributed by atoms with van der Waals surface area (Å²) in [5, 5.41) is 68.7. The normalized spacial score (nSPS) is 31.1. The maximum atomic E-state index is 12.4. The summed E-state index contributed by atoms with van der Waals surface area (Å²) in [7, 11) is -11.1. The third-order valence-electron chi connectivity index (χ3n) is 6.86. The highest BCUT2D eigenvalue weighted by Crippen LogP contribution is 2.60. The number of aliphatic hydroxyl groups is 5. The van der Waals surface area contributed by atoms with Crippen molar-refractivity contribution in [2.24, 2.45) is 0 Å². The highest BCUT2D eigenvalue weighted by Gasteiger charge is 2.50. The van der Waals surface area contributed by atoms with E-state index in [2.05, 4.69) is 28.3 Å². The molecule has 2 aliphatic heterocycles. The minimum atomic E-state index is -5.60. The van der Waals surface area contributed by atoms with Crippen molar-refractivity contribution in [3.05, 3.63) is 12.7 Å². The molecule has 2 aromatic heterocycles. The molecule has 48 heavy (non-hydrogen) atoms. The van der Waals surface area contributed by atoms with Crippen LogP contribution in [-0.4, -0.2) is 145 Å². The molecule has 0 aliphatic carbocycles. The second-order valence-corrected chi connectivity index (χ2v) is 13.4. The zero-order valence-corrected chi connectivity index (χ0v) is 25.7. The Kier molecular flexibility index (Phi) is 11.2. The predicted octanol–water partition coefficient (Wildman–Crippen LogP) is -4.05. The lowest BCUT2D eigenvalue weighted by molar-refractivity contribution is -0.176. The lowest BCUT2D eigenvalue weighted by Gasteiger charge is -2.24. The van der Waals surface area contributed by atoms with Gasteiger partial charge in [-0.3, -0.25) is 23.2 Å². The minimum Gasteiger partial charge on any atom is -0.481 e. The molecule has 27 heteroatoms. The number of carboxylic acids is 2. The number of imidazole rings is 1. The van der Waals surface area contributed by atoms with E-state index in [1.165, 1.54) is 10.9 Å². The van der Waals surface area contributed by atoms with E-state index >= 15 is 0 Å². The molecular formula is C21H29N5O20P2. The average Bonchev–Trinajstić information content (AvgIpc) is 3.60. The van der Waals surface area contributed by atoms with Crippen LogP contribution in [0.25, 0.3) is 11.2 Å². The molecule has 4 unspecified atom stereocenters. The van der Waals surface area contributed by atoms with Crippen molar-refractivity contribution in [2.75, 3.05) is 18.9 Å². The molecule has 4 rings (SSSR count). The van der Waals surface area contributed by atoms with Crippen LogP contribution in [0.5, 0.6) is 0 Å². The van der Waals surface area contributed by atoms with Crippen LogP contribution < -0.4 is 5.73 Å². The summed E-state index contributed by atoms with van der Waals surface area (Å²) in [5.74, 6) is -5.49. The minimum absolute atomic E-state index is 0.00514. The second-order valence-electron chi connectivity index (χ2n) is 10.3. The maximum absolute atomic E-state index is 12.4. The molecule has 4 heterocycles. The fourth-order valence-electron chi connectivity index (χ4n) is 4.56. The van der Waals surface area contributed by atoms with Crippen LogP contribution >= 0.6 is 15.6 Å². The Morgan fingerprint density at radius 3 is 2.15 bits per heavy atom. The topological polar surface area (TPSA) is 392 Å². The first-order valence-corrected chi connectivity index (χ1v) is 16.2. The Morgan fingerprint density at radius 2 is 1.54 bits per heavy atom. The summed E-state index contributed by atoms with van der Waals surface area (Å²) < 4.78 is 54.5. The van der Waals surface area contributed by atoms with Gasteiger partial charge >= 0.3 is 33.6 Å². The second kappa shape index (κ2) is 14.3. The fourth-order valence-corrected chi connectivity index (χ4v) is 6.65. The number of phosphoric acid groups is 2. The van der Waals surface area contributed by atoms with Crippen molar-refractivity contribution < 1.29 is 96.6 Å². The van der Waals surface area contributed by atoms with E-state index in [9.17, 15) is 58.8 Å². The average molecular weight is 733 g/mol. The van der Waals surface area contributed by atoms with Gasteiger partial charge in [0.1, 0.15) is 42.4 Å². The van der Waals surface area contributed by atoms with E-state index in [0.29, 0.717) is 0 Å². The number of hydrogen-bond donors (Lipinski definition) is 10. The van der Waals surface area contributed by atoms with Gasteiger partial charge < -0.3 is 65.5 Å². The molecule has 0 amide bonds. The van der Waals surface area contributed by atoms with Gasteiger partial charge in [-0.2, -0.15) is 4.31 Å². The Labute approximate surface area is 266 Å². The first-order valence-electron chi connectivity index (χ1n) is 13.2. The van der Waals surface area contributed by atoms with Crippen LogP contribution in [0.4, 0.5) is 5.82 Å². The van der Waals surface area contributed by atoms with Gasteiger partial charge in [0, 0.05) is 0 Å². The van der Waals surface area contributed by atoms with Crippen LogP contribution in [0.2, 0.25) is 0 Å². The van der Waals surface area contributed by atoms with Gasteiger partial charge in [0.25, 0.3) is 0 Å². The first kappa shape index (κ1) is 37.6. The van der Waals surface area contributed by atoms with Crippen molar-refractivity contribution in [1.29, 1.82) is 0 Å². The summed E-state index contributed by atoms with van der Waals surface area (Å²) >= 11 is 0. The summed E-state index contributed by atoms with van der Waals surface area (Å²) in [4.78, 5) is 66.2.